The van der Waals surface area contributed by atoms with E-state index in [0.29, 0.717) is 15.7 Å². The number of carbonyl (C=O) groups is 2. The van der Waals surface area contributed by atoms with Crippen LogP contribution >= 0.6 is 23.2 Å². The number of urea groups is 1. The van der Waals surface area contributed by atoms with E-state index in [1.165, 1.54) is 4.90 Å². The molecule has 134 valence electrons. The second-order valence-electron chi connectivity index (χ2n) is 6.69. The summed E-state index contributed by atoms with van der Waals surface area (Å²) in [7, 11) is 2.04. The Labute approximate surface area is 161 Å². The lowest BCUT2D eigenvalue weighted by Crippen LogP contribution is -2.32. The van der Waals surface area contributed by atoms with Gasteiger partial charge in [0.05, 0.1) is 12.2 Å². The third-order valence-electron chi connectivity index (χ3n) is 4.87. The van der Waals surface area contributed by atoms with Crippen LogP contribution in [0.25, 0.3) is 0 Å². The van der Waals surface area contributed by atoms with Crippen LogP contribution in [-0.2, 0) is 11.3 Å². The van der Waals surface area contributed by atoms with Crippen molar-refractivity contribution >= 4 is 40.8 Å². The number of amides is 3. The smallest absolute Gasteiger partial charge is 0.328 e. The fourth-order valence-corrected chi connectivity index (χ4v) is 4.26. The molecule has 2 aliphatic rings. The van der Waals surface area contributed by atoms with Gasteiger partial charge in [-0.2, -0.15) is 0 Å². The first-order valence-corrected chi connectivity index (χ1v) is 9.06. The number of halogens is 2. The average molecular weight is 390 g/mol. The van der Waals surface area contributed by atoms with Crippen molar-refractivity contribution in [1.29, 1.82) is 0 Å². The summed E-state index contributed by atoms with van der Waals surface area (Å²) in [4.78, 5) is 27.4. The van der Waals surface area contributed by atoms with Gasteiger partial charge >= 0.3 is 6.03 Å². The zero-order valence-corrected chi connectivity index (χ0v) is 15.6. The number of benzene rings is 2. The summed E-state index contributed by atoms with van der Waals surface area (Å²) < 4.78 is 0. The van der Waals surface area contributed by atoms with Crippen LogP contribution in [0.4, 0.5) is 10.5 Å². The van der Waals surface area contributed by atoms with Crippen molar-refractivity contribution < 1.29 is 9.59 Å². The maximum absolute atomic E-state index is 12.0. The lowest BCUT2D eigenvalue weighted by molar-refractivity contribution is -0.115. The van der Waals surface area contributed by atoms with Crippen molar-refractivity contribution in [1.82, 2.24) is 10.2 Å². The van der Waals surface area contributed by atoms with Gasteiger partial charge in [-0.1, -0.05) is 35.3 Å². The highest BCUT2D eigenvalue weighted by atomic mass is 35.5. The molecule has 2 aromatic rings. The highest BCUT2D eigenvalue weighted by Crippen LogP contribution is 2.39. The van der Waals surface area contributed by atoms with Crippen LogP contribution in [0, 0.1) is 0 Å². The van der Waals surface area contributed by atoms with E-state index in [4.69, 9.17) is 23.2 Å². The van der Waals surface area contributed by atoms with Gasteiger partial charge in [0, 0.05) is 29.1 Å². The van der Waals surface area contributed by atoms with E-state index in [-0.39, 0.29) is 24.4 Å². The molecule has 1 atom stereocenters. The standard InChI is InChI=1S/C19H17Cl2N3O2/c1-23-9-15(14-6-12(20)7-17(21)16(14)10-23)11-3-2-4-13(5-11)24-18(25)8-22-19(24)26/h2-7,15H,8-10H2,1H3,(H,22,26). The summed E-state index contributed by atoms with van der Waals surface area (Å²) in [5, 5.41) is 3.82. The highest BCUT2D eigenvalue weighted by Gasteiger charge is 2.31. The molecule has 2 aromatic carbocycles. The molecule has 5 nitrogen and oxygen atoms in total. The van der Waals surface area contributed by atoms with E-state index in [9.17, 15) is 9.59 Å². The molecule has 0 aromatic heterocycles. The van der Waals surface area contributed by atoms with Crippen LogP contribution in [0.3, 0.4) is 0 Å². The minimum absolute atomic E-state index is 0.0310. The van der Waals surface area contributed by atoms with Gasteiger partial charge < -0.3 is 10.2 Å². The van der Waals surface area contributed by atoms with E-state index in [1.807, 2.05) is 31.3 Å². The topological polar surface area (TPSA) is 52.6 Å². The van der Waals surface area contributed by atoms with E-state index in [2.05, 4.69) is 10.2 Å². The van der Waals surface area contributed by atoms with Crippen molar-refractivity contribution in [3.63, 3.8) is 0 Å². The summed E-state index contributed by atoms with van der Waals surface area (Å²) in [6, 6.07) is 10.9. The number of fused-ring (bicyclic) bond motifs is 1. The quantitative estimate of drug-likeness (QED) is 0.797. The fraction of sp³-hybridized carbons (Fsp3) is 0.263. The van der Waals surface area contributed by atoms with Gasteiger partial charge in [0.25, 0.3) is 5.91 Å². The van der Waals surface area contributed by atoms with Gasteiger partial charge in [0.15, 0.2) is 0 Å². The number of hydrogen-bond acceptors (Lipinski definition) is 3. The van der Waals surface area contributed by atoms with Crippen molar-refractivity contribution in [3.05, 3.63) is 63.1 Å². The Hall–Kier alpha value is -2.08. The van der Waals surface area contributed by atoms with E-state index in [1.54, 1.807) is 12.1 Å². The Morgan fingerprint density at radius 1 is 1.15 bits per heavy atom. The summed E-state index contributed by atoms with van der Waals surface area (Å²) in [6.45, 7) is 1.59. The van der Waals surface area contributed by atoms with Crippen LogP contribution in [0.15, 0.2) is 36.4 Å². The van der Waals surface area contributed by atoms with Crippen LogP contribution in [0.1, 0.15) is 22.6 Å². The van der Waals surface area contributed by atoms with Gasteiger partial charge in [-0.05, 0) is 48.0 Å². The normalized spacial score (nSPS) is 20.3. The second-order valence-corrected chi connectivity index (χ2v) is 7.53. The number of nitrogens with one attached hydrogen (secondary N) is 1. The minimum Gasteiger partial charge on any atom is -0.328 e. The maximum atomic E-state index is 12.0. The SMILES string of the molecule is CN1Cc2c(Cl)cc(Cl)cc2C(c2cccc(N3C(=O)CNC3=O)c2)C1. The number of nitrogens with zero attached hydrogens (tertiary/aromatic N) is 2. The Bertz CT molecular complexity index is 900. The molecule has 0 saturated carbocycles. The van der Waals surface area contributed by atoms with Crippen molar-refractivity contribution in [2.75, 3.05) is 25.0 Å². The van der Waals surface area contributed by atoms with Gasteiger partial charge in [-0.15, -0.1) is 0 Å². The van der Waals surface area contributed by atoms with Gasteiger partial charge in [-0.25, -0.2) is 9.69 Å². The molecule has 1 N–H and O–H groups in total. The minimum atomic E-state index is -0.389. The van der Waals surface area contributed by atoms with Crippen LogP contribution in [-0.4, -0.2) is 37.0 Å². The molecule has 2 heterocycles. The first-order valence-electron chi connectivity index (χ1n) is 8.31. The van der Waals surface area contributed by atoms with Crippen molar-refractivity contribution in [2.45, 2.75) is 12.5 Å². The van der Waals surface area contributed by atoms with Crippen molar-refractivity contribution in [2.24, 2.45) is 0 Å². The molecule has 26 heavy (non-hydrogen) atoms. The lowest BCUT2D eigenvalue weighted by atomic mass is 9.84. The summed E-state index contributed by atoms with van der Waals surface area (Å²) >= 11 is 12.7. The van der Waals surface area contributed by atoms with Gasteiger partial charge in [0.2, 0.25) is 0 Å². The average Bonchev–Trinajstić information content (AvgIpc) is 2.94. The summed E-state index contributed by atoms with van der Waals surface area (Å²) in [5.74, 6) is -0.194. The maximum Gasteiger partial charge on any atom is 0.329 e. The Morgan fingerprint density at radius 3 is 2.69 bits per heavy atom. The van der Waals surface area contributed by atoms with Crippen LogP contribution < -0.4 is 10.2 Å². The largest absolute Gasteiger partial charge is 0.329 e. The Balaban J connectivity index is 1.78. The zero-order valence-electron chi connectivity index (χ0n) is 14.1. The van der Waals surface area contributed by atoms with Gasteiger partial charge in [-0.3, -0.25) is 4.79 Å². The Morgan fingerprint density at radius 2 is 1.96 bits per heavy atom. The molecule has 2 aliphatic heterocycles. The molecule has 1 unspecified atom stereocenters. The molecule has 0 aliphatic carbocycles. The molecule has 1 saturated heterocycles. The van der Waals surface area contributed by atoms with E-state index >= 15 is 0 Å². The molecule has 3 amide bonds. The summed E-state index contributed by atoms with van der Waals surface area (Å²) in [5.41, 5.74) is 3.75. The number of likely N-dealkylation sites (N-methyl/N-ethyl adjacent to an activating group) is 1. The molecule has 1 fully saturated rings. The van der Waals surface area contributed by atoms with Crippen LogP contribution in [0.2, 0.25) is 10.0 Å². The molecule has 0 spiro atoms. The zero-order chi connectivity index (χ0) is 18.4. The third kappa shape index (κ3) is 2.96. The fourth-order valence-electron chi connectivity index (χ4n) is 3.70. The molecular formula is C19H17Cl2N3O2. The molecular weight excluding hydrogens is 373 g/mol. The first-order chi connectivity index (χ1) is 12.4. The molecule has 0 radical (unpaired) electrons. The number of rotatable bonds is 2. The Kier molecular flexibility index (Phi) is 4.39. The summed E-state index contributed by atoms with van der Waals surface area (Å²) in [6.07, 6.45) is 0. The third-order valence-corrected chi connectivity index (χ3v) is 5.42. The van der Waals surface area contributed by atoms with Gasteiger partial charge in [0.1, 0.15) is 0 Å². The number of anilines is 1. The lowest BCUT2D eigenvalue weighted by Gasteiger charge is -2.33. The van der Waals surface area contributed by atoms with E-state index in [0.717, 1.165) is 29.8 Å². The number of carbonyl (C=O) groups excluding carboxylic acids is 2. The monoisotopic (exact) mass is 389 g/mol. The van der Waals surface area contributed by atoms with E-state index < -0.39 is 0 Å². The molecule has 0 bridgehead atoms. The highest BCUT2D eigenvalue weighted by molar-refractivity contribution is 6.35. The molecule has 7 heteroatoms. The predicted molar refractivity (Wildman–Crippen MR) is 102 cm³/mol. The number of imide groups is 1. The second kappa shape index (κ2) is 6.58. The predicted octanol–water partition coefficient (Wildman–Crippen LogP) is 3.63. The van der Waals surface area contributed by atoms with Crippen molar-refractivity contribution in [3.8, 4) is 0 Å². The van der Waals surface area contributed by atoms with Crippen LogP contribution in [0.5, 0.6) is 0 Å². The molecule has 4 rings (SSSR count). The number of hydrogen-bond donors (Lipinski definition) is 1. The first kappa shape index (κ1) is 17.3.